The smallest absolute Gasteiger partial charge is 0.308 e. The van der Waals surface area contributed by atoms with Crippen molar-refractivity contribution < 1.29 is 13.9 Å². The second-order valence-electron chi connectivity index (χ2n) is 5.36. The number of carbonyl (C=O) groups is 1. The van der Waals surface area contributed by atoms with Crippen LogP contribution in [0.5, 0.6) is 5.75 Å². The van der Waals surface area contributed by atoms with Crippen LogP contribution in [0.15, 0.2) is 27.6 Å². The number of esters is 1. The number of hydrogen-bond donors (Lipinski definition) is 0. The van der Waals surface area contributed by atoms with Gasteiger partial charge < -0.3 is 9.15 Å². The molecule has 3 aromatic rings. The average Bonchev–Trinajstić information content (AvgIpc) is 2.76. The highest BCUT2D eigenvalue weighted by Gasteiger charge is 2.18. The van der Waals surface area contributed by atoms with Crippen LogP contribution in [0.2, 0.25) is 0 Å². The van der Waals surface area contributed by atoms with E-state index < -0.39 is 5.97 Å². The molecule has 0 aliphatic carbocycles. The van der Waals surface area contributed by atoms with Gasteiger partial charge in [0.15, 0.2) is 0 Å². The van der Waals surface area contributed by atoms with E-state index in [4.69, 9.17) is 9.15 Å². The van der Waals surface area contributed by atoms with Crippen molar-refractivity contribution in [3.05, 3.63) is 44.9 Å². The standard InChI is InChI=1S/C17H15NO4S/c1-8-5-13-15(14(6-8)22-11(4)19)16(20)12(7-21-13)17-9(2)18-10(3)23-17/h5-7H,1-4H3. The summed E-state index contributed by atoms with van der Waals surface area (Å²) >= 11 is 1.43. The van der Waals surface area contributed by atoms with Crippen LogP contribution in [0.25, 0.3) is 21.4 Å². The third-order valence-electron chi connectivity index (χ3n) is 3.39. The van der Waals surface area contributed by atoms with E-state index in [-0.39, 0.29) is 16.6 Å². The minimum Gasteiger partial charge on any atom is -0.463 e. The maximum atomic E-state index is 12.9. The monoisotopic (exact) mass is 329 g/mol. The van der Waals surface area contributed by atoms with Crippen LogP contribution in [-0.2, 0) is 4.79 Å². The molecule has 0 atom stereocenters. The van der Waals surface area contributed by atoms with Gasteiger partial charge in [0.05, 0.1) is 21.1 Å². The summed E-state index contributed by atoms with van der Waals surface area (Å²) in [7, 11) is 0. The van der Waals surface area contributed by atoms with Crippen LogP contribution in [-0.4, -0.2) is 11.0 Å². The highest BCUT2D eigenvalue weighted by atomic mass is 32.1. The summed E-state index contributed by atoms with van der Waals surface area (Å²) in [6.07, 6.45) is 1.45. The topological polar surface area (TPSA) is 69.4 Å². The van der Waals surface area contributed by atoms with E-state index in [9.17, 15) is 9.59 Å². The first kappa shape index (κ1) is 15.4. The van der Waals surface area contributed by atoms with Gasteiger partial charge in [-0.2, -0.15) is 0 Å². The first-order chi connectivity index (χ1) is 10.9. The molecule has 5 nitrogen and oxygen atoms in total. The number of carbonyl (C=O) groups excluding carboxylic acids is 1. The number of thiazole rings is 1. The molecular formula is C17H15NO4S. The third-order valence-corrected chi connectivity index (χ3v) is 4.49. The molecule has 1 aromatic carbocycles. The second kappa shape index (κ2) is 5.62. The number of aryl methyl sites for hydroxylation is 3. The van der Waals surface area contributed by atoms with Crippen LogP contribution in [0.1, 0.15) is 23.2 Å². The normalized spacial score (nSPS) is 11.0. The molecule has 0 N–H and O–H groups in total. The fourth-order valence-electron chi connectivity index (χ4n) is 2.52. The van der Waals surface area contributed by atoms with E-state index in [0.29, 0.717) is 11.1 Å². The Morgan fingerprint density at radius 1 is 1.26 bits per heavy atom. The molecule has 0 aliphatic heterocycles. The van der Waals surface area contributed by atoms with Gasteiger partial charge in [0.25, 0.3) is 0 Å². The van der Waals surface area contributed by atoms with Crippen molar-refractivity contribution in [2.75, 3.05) is 0 Å². The zero-order chi connectivity index (χ0) is 16.7. The van der Waals surface area contributed by atoms with Crippen molar-refractivity contribution in [2.45, 2.75) is 27.7 Å². The number of fused-ring (bicyclic) bond motifs is 1. The van der Waals surface area contributed by atoms with E-state index in [2.05, 4.69) is 4.98 Å². The Morgan fingerprint density at radius 2 is 2.00 bits per heavy atom. The highest BCUT2D eigenvalue weighted by Crippen LogP contribution is 2.31. The largest absolute Gasteiger partial charge is 0.463 e. The van der Waals surface area contributed by atoms with Gasteiger partial charge in [-0.3, -0.25) is 9.59 Å². The number of ether oxygens (including phenoxy) is 1. The van der Waals surface area contributed by atoms with E-state index in [0.717, 1.165) is 21.1 Å². The van der Waals surface area contributed by atoms with Crippen LogP contribution in [0.3, 0.4) is 0 Å². The molecule has 0 saturated heterocycles. The molecule has 0 radical (unpaired) electrons. The van der Waals surface area contributed by atoms with Crippen molar-refractivity contribution in [1.82, 2.24) is 4.98 Å². The molecule has 3 rings (SSSR count). The molecule has 23 heavy (non-hydrogen) atoms. The van der Waals surface area contributed by atoms with Gasteiger partial charge in [-0.05, 0) is 38.5 Å². The summed E-state index contributed by atoms with van der Waals surface area (Å²) < 4.78 is 10.8. The molecule has 118 valence electrons. The molecule has 6 heteroatoms. The Kier molecular flexibility index (Phi) is 3.77. The Morgan fingerprint density at radius 3 is 2.61 bits per heavy atom. The van der Waals surface area contributed by atoms with Gasteiger partial charge in [-0.15, -0.1) is 11.3 Å². The fourth-order valence-corrected chi connectivity index (χ4v) is 3.44. The number of hydrogen-bond acceptors (Lipinski definition) is 6. The molecule has 0 saturated carbocycles. The van der Waals surface area contributed by atoms with Crippen LogP contribution in [0, 0.1) is 20.8 Å². The van der Waals surface area contributed by atoms with Gasteiger partial charge in [0, 0.05) is 6.92 Å². The second-order valence-corrected chi connectivity index (χ2v) is 6.56. The predicted octanol–water partition coefficient (Wildman–Crippen LogP) is 3.77. The quantitative estimate of drug-likeness (QED) is 0.529. The molecular weight excluding hydrogens is 314 g/mol. The van der Waals surface area contributed by atoms with Crippen LogP contribution < -0.4 is 10.2 Å². The van der Waals surface area contributed by atoms with Crippen molar-refractivity contribution in [2.24, 2.45) is 0 Å². The van der Waals surface area contributed by atoms with Gasteiger partial charge >= 0.3 is 5.97 Å². The summed E-state index contributed by atoms with van der Waals surface area (Å²) in [5.41, 5.74) is 2.22. The van der Waals surface area contributed by atoms with E-state index in [1.165, 1.54) is 24.5 Å². The zero-order valence-corrected chi connectivity index (χ0v) is 14.0. The fraction of sp³-hybridized carbons (Fsp3) is 0.235. The van der Waals surface area contributed by atoms with Crippen LogP contribution in [0.4, 0.5) is 0 Å². The predicted molar refractivity (Wildman–Crippen MR) is 89.1 cm³/mol. The minimum atomic E-state index is -0.480. The molecule has 2 aromatic heterocycles. The molecule has 2 heterocycles. The third kappa shape index (κ3) is 2.77. The molecule has 0 aliphatic rings. The Hall–Kier alpha value is -2.47. The van der Waals surface area contributed by atoms with Crippen molar-refractivity contribution >= 4 is 28.3 Å². The van der Waals surface area contributed by atoms with Crippen molar-refractivity contribution in [1.29, 1.82) is 0 Å². The van der Waals surface area contributed by atoms with Crippen molar-refractivity contribution in [3.8, 4) is 16.2 Å². The summed E-state index contributed by atoms with van der Waals surface area (Å²) in [5, 5.41) is 1.15. The summed E-state index contributed by atoms with van der Waals surface area (Å²) in [5.74, 6) is -0.256. The maximum absolute atomic E-state index is 12.9. The number of aromatic nitrogens is 1. The highest BCUT2D eigenvalue weighted by molar-refractivity contribution is 7.15. The lowest BCUT2D eigenvalue weighted by atomic mass is 10.1. The Balaban J connectivity index is 2.34. The number of rotatable bonds is 2. The van der Waals surface area contributed by atoms with E-state index in [1.807, 2.05) is 20.8 Å². The lowest BCUT2D eigenvalue weighted by Gasteiger charge is -2.08. The lowest BCUT2D eigenvalue weighted by molar-refractivity contribution is -0.131. The van der Waals surface area contributed by atoms with Gasteiger partial charge in [-0.1, -0.05) is 0 Å². The van der Waals surface area contributed by atoms with E-state index >= 15 is 0 Å². The summed E-state index contributed by atoms with van der Waals surface area (Å²) in [6.45, 7) is 6.88. The molecule has 0 bridgehead atoms. The van der Waals surface area contributed by atoms with Gasteiger partial charge in [-0.25, -0.2) is 4.98 Å². The van der Waals surface area contributed by atoms with Crippen molar-refractivity contribution in [3.63, 3.8) is 0 Å². The van der Waals surface area contributed by atoms with Gasteiger partial charge in [0.1, 0.15) is 23.0 Å². The zero-order valence-electron chi connectivity index (χ0n) is 13.2. The molecule has 0 amide bonds. The molecule has 0 fully saturated rings. The Labute approximate surface area is 136 Å². The molecule has 0 spiro atoms. The minimum absolute atomic E-state index is 0.224. The Bertz CT molecular complexity index is 984. The number of nitrogens with zero attached hydrogens (tertiary/aromatic N) is 1. The lowest BCUT2D eigenvalue weighted by Crippen LogP contribution is -2.09. The summed E-state index contributed by atoms with van der Waals surface area (Å²) in [6, 6.07) is 3.41. The van der Waals surface area contributed by atoms with Crippen LogP contribution >= 0.6 is 11.3 Å². The maximum Gasteiger partial charge on any atom is 0.308 e. The van der Waals surface area contributed by atoms with E-state index in [1.54, 1.807) is 12.1 Å². The SMILES string of the molecule is CC(=O)Oc1cc(C)cc2occ(-c3sc(C)nc3C)c(=O)c12. The average molecular weight is 329 g/mol. The summed E-state index contributed by atoms with van der Waals surface area (Å²) in [4.78, 5) is 29.4. The number of benzene rings is 1. The van der Waals surface area contributed by atoms with Gasteiger partial charge in [0.2, 0.25) is 5.43 Å². The molecule has 0 unspecified atom stereocenters. The first-order valence-electron chi connectivity index (χ1n) is 7.06. The first-order valence-corrected chi connectivity index (χ1v) is 7.87.